The van der Waals surface area contributed by atoms with Gasteiger partial charge in [0.2, 0.25) is 5.91 Å². The van der Waals surface area contributed by atoms with Gasteiger partial charge in [-0.3, -0.25) is 9.59 Å². The summed E-state index contributed by atoms with van der Waals surface area (Å²) in [4.78, 5) is 29.6. The van der Waals surface area contributed by atoms with E-state index in [2.05, 4.69) is 17.1 Å². The maximum Gasteiger partial charge on any atom is 0.226 e. The van der Waals surface area contributed by atoms with Gasteiger partial charge in [-0.1, -0.05) is 32.9 Å². The van der Waals surface area contributed by atoms with Crippen molar-refractivity contribution in [1.82, 2.24) is 9.80 Å². The number of carbonyl (C=O) groups excluding carboxylic acids is 2. The summed E-state index contributed by atoms with van der Waals surface area (Å²) in [6.07, 6.45) is 5.27. The van der Waals surface area contributed by atoms with Crippen LogP contribution >= 0.6 is 0 Å². The van der Waals surface area contributed by atoms with E-state index in [0.717, 1.165) is 13.0 Å². The number of rotatable bonds is 5. The van der Waals surface area contributed by atoms with Crippen molar-refractivity contribution < 1.29 is 9.59 Å². The van der Waals surface area contributed by atoms with Crippen molar-refractivity contribution in [2.24, 2.45) is 29.1 Å². The average Bonchev–Trinajstić information content (AvgIpc) is 3.02. The van der Waals surface area contributed by atoms with Gasteiger partial charge in [-0.05, 0) is 32.4 Å². The highest BCUT2D eigenvalue weighted by molar-refractivity contribution is 5.93. The fourth-order valence-electron chi connectivity index (χ4n) is 3.73. The summed E-state index contributed by atoms with van der Waals surface area (Å²) in [5.74, 6) is 0.590. The molecule has 4 heteroatoms. The number of amides is 1. The van der Waals surface area contributed by atoms with Gasteiger partial charge in [-0.25, -0.2) is 0 Å². The first-order valence-corrected chi connectivity index (χ1v) is 8.25. The molecule has 0 aromatic heterocycles. The number of nitrogens with zero attached hydrogens (tertiary/aromatic N) is 2. The predicted octanol–water partition coefficient (Wildman–Crippen LogP) is 2.06. The van der Waals surface area contributed by atoms with E-state index in [4.69, 9.17) is 0 Å². The molecule has 124 valence electrons. The van der Waals surface area contributed by atoms with Crippen LogP contribution in [0.5, 0.6) is 0 Å². The summed E-state index contributed by atoms with van der Waals surface area (Å²) in [6, 6.07) is 0. The van der Waals surface area contributed by atoms with E-state index in [0.29, 0.717) is 6.54 Å². The second kappa shape index (κ2) is 6.15. The molecule has 4 atom stereocenters. The smallest absolute Gasteiger partial charge is 0.226 e. The second-order valence-corrected chi connectivity index (χ2v) is 8.18. The Labute approximate surface area is 134 Å². The second-order valence-electron chi connectivity index (χ2n) is 8.18. The first kappa shape index (κ1) is 17.2. The molecule has 0 N–H and O–H groups in total. The minimum Gasteiger partial charge on any atom is -0.344 e. The van der Waals surface area contributed by atoms with Gasteiger partial charge in [0, 0.05) is 31.5 Å². The zero-order chi connectivity index (χ0) is 16.7. The number of hydrogen-bond donors (Lipinski definition) is 0. The Morgan fingerprint density at radius 2 is 1.55 bits per heavy atom. The number of fused-ring (bicyclic) bond motifs is 2. The van der Waals surface area contributed by atoms with Crippen molar-refractivity contribution in [2.75, 3.05) is 34.2 Å². The molecule has 2 unspecified atom stereocenters. The Morgan fingerprint density at radius 3 is 2.05 bits per heavy atom. The van der Waals surface area contributed by atoms with Crippen molar-refractivity contribution >= 4 is 11.7 Å². The van der Waals surface area contributed by atoms with Crippen molar-refractivity contribution in [2.45, 2.75) is 27.2 Å². The molecule has 1 amide bonds. The summed E-state index contributed by atoms with van der Waals surface area (Å²) in [5, 5.41) is 0. The zero-order valence-electron chi connectivity index (χ0n) is 14.8. The van der Waals surface area contributed by atoms with Crippen LogP contribution in [-0.4, -0.2) is 55.7 Å². The summed E-state index contributed by atoms with van der Waals surface area (Å²) in [5.41, 5.74) is -0.385. The first-order valence-electron chi connectivity index (χ1n) is 8.25. The fourth-order valence-corrected chi connectivity index (χ4v) is 3.73. The van der Waals surface area contributed by atoms with Crippen LogP contribution in [0, 0.1) is 29.1 Å². The Kier molecular flexibility index (Phi) is 4.81. The molecule has 2 aliphatic carbocycles. The molecule has 1 saturated carbocycles. The van der Waals surface area contributed by atoms with Crippen molar-refractivity contribution in [3.63, 3.8) is 0 Å². The maximum atomic E-state index is 12.9. The number of allylic oxidation sites excluding steroid dienone is 2. The minimum atomic E-state index is -0.385. The Balaban J connectivity index is 2.15. The Bertz CT molecular complexity index is 476. The van der Waals surface area contributed by atoms with Gasteiger partial charge in [0.05, 0.1) is 5.92 Å². The molecular weight excluding hydrogens is 276 g/mol. The fraction of sp³-hybridized carbons (Fsp3) is 0.778. The van der Waals surface area contributed by atoms with Gasteiger partial charge in [0.1, 0.15) is 5.78 Å². The number of likely N-dealkylation sites (N-methyl/N-ethyl adjacent to an activating group) is 2. The van der Waals surface area contributed by atoms with E-state index in [1.165, 1.54) is 0 Å². The lowest BCUT2D eigenvalue weighted by Crippen LogP contribution is -2.45. The molecule has 0 aliphatic heterocycles. The molecule has 1 fully saturated rings. The van der Waals surface area contributed by atoms with Crippen LogP contribution in [0.4, 0.5) is 0 Å². The molecule has 2 aliphatic rings. The van der Waals surface area contributed by atoms with Crippen LogP contribution in [0.25, 0.3) is 0 Å². The predicted molar refractivity (Wildman–Crippen MR) is 88.4 cm³/mol. The Hall–Kier alpha value is -1.16. The lowest BCUT2D eigenvalue weighted by Gasteiger charge is -2.33. The van der Waals surface area contributed by atoms with E-state index in [1.54, 1.807) is 0 Å². The van der Waals surface area contributed by atoms with Crippen LogP contribution in [0.3, 0.4) is 0 Å². The molecule has 22 heavy (non-hydrogen) atoms. The van der Waals surface area contributed by atoms with Gasteiger partial charge < -0.3 is 9.80 Å². The SMILES string of the molecule is CN(C)CCN(C)C(=O)[C@@H]1C2C=CC(C2)[C@@H]1C(=O)C(C)(C)C. The standard InChI is InChI=1S/C18H30N2O2/c1-18(2,3)16(21)14-12-7-8-13(11-12)15(14)17(22)20(6)10-9-19(4)5/h7-8,12-15H,9-11H2,1-6H3/t12?,13?,14-,15+/m0/s1. The third-order valence-corrected chi connectivity index (χ3v) is 5.05. The van der Waals surface area contributed by atoms with E-state index in [-0.39, 0.29) is 40.8 Å². The van der Waals surface area contributed by atoms with Gasteiger partial charge in [0.15, 0.2) is 0 Å². The number of carbonyl (C=O) groups is 2. The third kappa shape index (κ3) is 3.27. The van der Waals surface area contributed by atoms with Crippen LogP contribution in [0.1, 0.15) is 27.2 Å². The Morgan fingerprint density at radius 1 is 1.00 bits per heavy atom. The summed E-state index contributed by atoms with van der Waals surface area (Å²) < 4.78 is 0. The van der Waals surface area contributed by atoms with Crippen LogP contribution in [0.2, 0.25) is 0 Å². The van der Waals surface area contributed by atoms with Crippen LogP contribution in [-0.2, 0) is 9.59 Å². The third-order valence-electron chi connectivity index (χ3n) is 5.05. The number of ketones is 1. The molecule has 0 aromatic rings. The van der Waals surface area contributed by atoms with Crippen molar-refractivity contribution in [3.05, 3.63) is 12.2 Å². The summed E-state index contributed by atoms with van der Waals surface area (Å²) >= 11 is 0. The monoisotopic (exact) mass is 306 g/mol. The number of Topliss-reactive ketones (excluding diaryl/α,β-unsaturated/α-hetero) is 1. The highest BCUT2D eigenvalue weighted by atomic mass is 16.2. The molecule has 2 rings (SSSR count). The van der Waals surface area contributed by atoms with Gasteiger partial charge in [0.25, 0.3) is 0 Å². The molecular formula is C18H30N2O2. The van der Waals surface area contributed by atoms with Crippen LogP contribution in [0.15, 0.2) is 12.2 Å². The zero-order valence-corrected chi connectivity index (χ0v) is 14.8. The molecule has 0 radical (unpaired) electrons. The highest BCUT2D eigenvalue weighted by Crippen LogP contribution is 2.50. The number of hydrogen-bond acceptors (Lipinski definition) is 3. The average molecular weight is 306 g/mol. The van der Waals surface area contributed by atoms with Crippen molar-refractivity contribution in [1.29, 1.82) is 0 Å². The van der Waals surface area contributed by atoms with Gasteiger partial charge in [-0.2, -0.15) is 0 Å². The highest BCUT2D eigenvalue weighted by Gasteiger charge is 2.53. The summed E-state index contributed by atoms with van der Waals surface area (Å²) in [6.45, 7) is 7.43. The topological polar surface area (TPSA) is 40.6 Å². The normalized spacial score (nSPS) is 30.1. The molecule has 0 aromatic carbocycles. The molecule has 0 saturated heterocycles. The van der Waals surface area contributed by atoms with Gasteiger partial charge in [-0.15, -0.1) is 0 Å². The molecule has 0 heterocycles. The van der Waals surface area contributed by atoms with E-state index >= 15 is 0 Å². The van der Waals surface area contributed by atoms with E-state index < -0.39 is 0 Å². The largest absolute Gasteiger partial charge is 0.344 e. The molecule has 2 bridgehead atoms. The molecule has 0 spiro atoms. The lowest BCUT2D eigenvalue weighted by molar-refractivity contribution is -0.143. The van der Waals surface area contributed by atoms with Crippen LogP contribution < -0.4 is 0 Å². The summed E-state index contributed by atoms with van der Waals surface area (Å²) in [7, 11) is 5.87. The minimum absolute atomic E-state index is 0.135. The van der Waals surface area contributed by atoms with E-state index in [1.807, 2.05) is 46.8 Å². The van der Waals surface area contributed by atoms with Gasteiger partial charge >= 0.3 is 0 Å². The van der Waals surface area contributed by atoms with E-state index in [9.17, 15) is 9.59 Å². The van der Waals surface area contributed by atoms with Crippen molar-refractivity contribution in [3.8, 4) is 0 Å². The quantitative estimate of drug-likeness (QED) is 0.730. The molecule has 4 nitrogen and oxygen atoms in total. The first-order chi connectivity index (χ1) is 10.1. The lowest BCUT2D eigenvalue weighted by atomic mass is 9.72. The maximum absolute atomic E-state index is 12.9.